The van der Waals surface area contributed by atoms with E-state index in [4.69, 9.17) is 4.74 Å². The molecule has 1 aromatic heterocycles. The molecule has 0 spiro atoms. The van der Waals surface area contributed by atoms with Gasteiger partial charge in [0, 0.05) is 6.07 Å². The summed E-state index contributed by atoms with van der Waals surface area (Å²) in [5.74, 6) is 0.936. The number of anilines is 1. The topological polar surface area (TPSA) is 59.5 Å². The Kier molecular flexibility index (Phi) is 3.30. The first-order valence-corrected chi connectivity index (χ1v) is 9.24. The fourth-order valence-corrected chi connectivity index (χ4v) is 4.51. The molecule has 0 unspecified atom stereocenters. The molecule has 0 bridgehead atoms. The van der Waals surface area contributed by atoms with Gasteiger partial charge in [-0.05, 0) is 49.4 Å². The second-order valence-corrected chi connectivity index (χ2v) is 7.96. The largest absolute Gasteiger partial charge is 0.474 e. The lowest BCUT2D eigenvalue weighted by Gasteiger charge is -2.26. The molecule has 0 radical (unpaired) electrons. The third kappa shape index (κ3) is 2.47. The standard InChI is InChI=1S/C17H18N2O3S/c1-12-9-16(18-17(10-12)22-14-6-4-7-14)19-11-13-5-2-3-8-15(13)23(19,20)21/h2-3,5,8-10,14H,4,6-7,11H2,1H3. The molecule has 1 aliphatic heterocycles. The van der Waals surface area contributed by atoms with Gasteiger partial charge in [0.25, 0.3) is 10.0 Å². The second kappa shape index (κ2) is 5.23. The summed E-state index contributed by atoms with van der Waals surface area (Å²) in [7, 11) is -3.54. The Balaban J connectivity index is 1.71. The number of nitrogens with zero attached hydrogens (tertiary/aromatic N) is 2. The van der Waals surface area contributed by atoms with Crippen molar-refractivity contribution in [3.05, 3.63) is 47.5 Å². The van der Waals surface area contributed by atoms with Gasteiger partial charge in [0.05, 0.1) is 11.4 Å². The Morgan fingerprint density at radius 1 is 1.22 bits per heavy atom. The minimum atomic E-state index is -3.54. The third-order valence-corrected chi connectivity index (χ3v) is 6.23. The summed E-state index contributed by atoms with van der Waals surface area (Å²) < 4.78 is 32.7. The molecule has 2 aromatic rings. The molecule has 23 heavy (non-hydrogen) atoms. The molecule has 0 amide bonds. The highest BCUT2D eigenvalue weighted by molar-refractivity contribution is 7.93. The van der Waals surface area contributed by atoms with Crippen molar-refractivity contribution in [2.45, 2.75) is 43.7 Å². The molecule has 0 saturated heterocycles. The fraction of sp³-hybridized carbons (Fsp3) is 0.353. The van der Waals surface area contributed by atoms with Crippen LogP contribution in [-0.2, 0) is 16.6 Å². The minimum Gasteiger partial charge on any atom is -0.474 e. The number of ether oxygens (including phenoxy) is 1. The van der Waals surface area contributed by atoms with E-state index in [1.807, 2.05) is 25.1 Å². The number of pyridine rings is 1. The van der Waals surface area contributed by atoms with Crippen LogP contribution in [0.5, 0.6) is 5.88 Å². The third-order valence-electron chi connectivity index (χ3n) is 4.38. The van der Waals surface area contributed by atoms with Crippen molar-refractivity contribution >= 4 is 15.8 Å². The smallest absolute Gasteiger partial charge is 0.266 e. The van der Waals surface area contributed by atoms with Crippen LogP contribution >= 0.6 is 0 Å². The van der Waals surface area contributed by atoms with Gasteiger partial charge in [-0.1, -0.05) is 18.2 Å². The maximum Gasteiger partial charge on any atom is 0.266 e. The van der Waals surface area contributed by atoms with E-state index in [-0.39, 0.29) is 6.10 Å². The zero-order chi connectivity index (χ0) is 16.0. The normalized spacial score (nSPS) is 19.3. The summed E-state index contributed by atoms with van der Waals surface area (Å²) in [6.45, 7) is 2.24. The van der Waals surface area contributed by atoms with E-state index in [1.54, 1.807) is 18.2 Å². The first-order valence-electron chi connectivity index (χ1n) is 7.80. The zero-order valence-corrected chi connectivity index (χ0v) is 13.7. The summed E-state index contributed by atoms with van der Waals surface area (Å²) in [5.41, 5.74) is 1.74. The van der Waals surface area contributed by atoms with Crippen LogP contribution in [0.4, 0.5) is 5.82 Å². The van der Waals surface area contributed by atoms with Crippen LogP contribution in [-0.4, -0.2) is 19.5 Å². The van der Waals surface area contributed by atoms with Crippen molar-refractivity contribution in [2.24, 2.45) is 0 Å². The lowest BCUT2D eigenvalue weighted by molar-refractivity contribution is 0.115. The van der Waals surface area contributed by atoms with Gasteiger partial charge >= 0.3 is 0 Å². The van der Waals surface area contributed by atoms with E-state index >= 15 is 0 Å². The molecule has 2 aliphatic rings. The fourth-order valence-electron chi connectivity index (χ4n) is 2.91. The quantitative estimate of drug-likeness (QED) is 0.868. The molecular weight excluding hydrogens is 312 g/mol. The number of aromatic nitrogens is 1. The maximum absolute atomic E-state index is 12.7. The van der Waals surface area contributed by atoms with Crippen LogP contribution in [0.15, 0.2) is 41.3 Å². The highest BCUT2D eigenvalue weighted by Gasteiger charge is 2.35. The van der Waals surface area contributed by atoms with E-state index in [1.165, 1.54) is 10.7 Å². The molecule has 120 valence electrons. The molecule has 4 rings (SSSR count). The van der Waals surface area contributed by atoms with Gasteiger partial charge in [0.2, 0.25) is 5.88 Å². The van der Waals surface area contributed by atoms with Crippen molar-refractivity contribution < 1.29 is 13.2 Å². The molecule has 0 atom stereocenters. The number of sulfonamides is 1. The Morgan fingerprint density at radius 2 is 2.00 bits per heavy atom. The van der Waals surface area contributed by atoms with E-state index < -0.39 is 10.0 Å². The molecule has 1 saturated carbocycles. The van der Waals surface area contributed by atoms with Gasteiger partial charge < -0.3 is 4.74 Å². The lowest BCUT2D eigenvalue weighted by atomic mass is 9.96. The summed E-state index contributed by atoms with van der Waals surface area (Å²) in [6, 6.07) is 10.7. The van der Waals surface area contributed by atoms with Gasteiger partial charge in [0.15, 0.2) is 0 Å². The molecule has 1 fully saturated rings. The number of hydrogen-bond donors (Lipinski definition) is 0. The number of benzene rings is 1. The molecule has 1 aromatic carbocycles. The molecule has 1 aliphatic carbocycles. The number of hydrogen-bond acceptors (Lipinski definition) is 4. The predicted octanol–water partition coefficient (Wildman–Crippen LogP) is 3.03. The number of aryl methyl sites for hydroxylation is 1. The van der Waals surface area contributed by atoms with Gasteiger partial charge in [-0.3, -0.25) is 0 Å². The first kappa shape index (κ1) is 14.5. The monoisotopic (exact) mass is 330 g/mol. The summed E-state index contributed by atoms with van der Waals surface area (Å²) in [6.07, 6.45) is 3.47. The van der Waals surface area contributed by atoms with Crippen molar-refractivity contribution in [3.63, 3.8) is 0 Å². The van der Waals surface area contributed by atoms with Gasteiger partial charge in [-0.2, -0.15) is 4.98 Å². The average molecular weight is 330 g/mol. The van der Waals surface area contributed by atoms with Gasteiger partial charge in [-0.15, -0.1) is 0 Å². The number of fused-ring (bicyclic) bond motifs is 1. The lowest BCUT2D eigenvalue weighted by Crippen LogP contribution is -2.27. The van der Waals surface area contributed by atoms with Crippen molar-refractivity contribution in [3.8, 4) is 5.88 Å². The highest BCUT2D eigenvalue weighted by atomic mass is 32.2. The molecule has 2 heterocycles. The predicted molar refractivity (Wildman–Crippen MR) is 87.1 cm³/mol. The summed E-state index contributed by atoms with van der Waals surface area (Å²) in [5, 5.41) is 0. The second-order valence-electron chi connectivity index (χ2n) is 6.13. The Bertz CT molecular complexity index is 860. The van der Waals surface area contributed by atoms with Crippen molar-refractivity contribution in [1.82, 2.24) is 4.98 Å². The van der Waals surface area contributed by atoms with Crippen LogP contribution in [0, 0.1) is 6.92 Å². The van der Waals surface area contributed by atoms with Crippen LogP contribution in [0.25, 0.3) is 0 Å². The van der Waals surface area contributed by atoms with Gasteiger partial charge in [-0.25, -0.2) is 12.7 Å². The minimum absolute atomic E-state index is 0.213. The van der Waals surface area contributed by atoms with Gasteiger partial charge in [0.1, 0.15) is 11.9 Å². The maximum atomic E-state index is 12.7. The molecular formula is C17H18N2O3S. The van der Waals surface area contributed by atoms with Crippen molar-refractivity contribution in [2.75, 3.05) is 4.31 Å². The van der Waals surface area contributed by atoms with E-state index in [0.29, 0.717) is 23.1 Å². The van der Waals surface area contributed by atoms with E-state index in [9.17, 15) is 8.42 Å². The summed E-state index contributed by atoms with van der Waals surface area (Å²) in [4.78, 5) is 4.81. The Hall–Kier alpha value is -2.08. The molecule has 6 heteroatoms. The zero-order valence-electron chi connectivity index (χ0n) is 12.9. The molecule has 5 nitrogen and oxygen atoms in total. The van der Waals surface area contributed by atoms with Crippen molar-refractivity contribution in [1.29, 1.82) is 0 Å². The van der Waals surface area contributed by atoms with Crippen LogP contribution in [0.2, 0.25) is 0 Å². The Labute approximate surface area is 136 Å². The highest BCUT2D eigenvalue weighted by Crippen LogP contribution is 2.35. The first-order chi connectivity index (χ1) is 11.0. The average Bonchev–Trinajstić information content (AvgIpc) is 2.75. The van der Waals surface area contributed by atoms with E-state index in [0.717, 1.165) is 24.0 Å². The van der Waals surface area contributed by atoms with Crippen LogP contribution < -0.4 is 9.04 Å². The van der Waals surface area contributed by atoms with Crippen LogP contribution in [0.3, 0.4) is 0 Å². The number of rotatable bonds is 3. The summed E-state index contributed by atoms with van der Waals surface area (Å²) >= 11 is 0. The molecule has 0 N–H and O–H groups in total. The van der Waals surface area contributed by atoms with Crippen LogP contribution in [0.1, 0.15) is 30.4 Å². The SMILES string of the molecule is Cc1cc(OC2CCC2)nc(N2Cc3ccccc3S2(=O)=O)c1. The Morgan fingerprint density at radius 3 is 2.70 bits per heavy atom. The van der Waals surface area contributed by atoms with E-state index in [2.05, 4.69) is 4.98 Å².